The molecule has 4 nitrogen and oxygen atoms in total. The van der Waals surface area contributed by atoms with Crippen LogP contribution in [0.1, 0.15) is 28.4 Å². The van der Waals surface area contributed by atoms with E-state index in [9.17, 15) is 4.79 Å². The highest BCUT2D eigenvalue weighted by atomic mass is 16.5. The summed E-state index contributed by atoms with van der Waals surface area (Å²) in [6, 6.07) is 9.21. The zero-order chi connectivity index (χ0) is 14.4. The highest BCUT2D eigenvalue weighted by Gasteiger charge is 2.08. The Kier molecular flexibility index (Phi) is 4.71. The molecule has 2 aromatic rings. The third-order valence-electron chi connectivity index (χ3n) is 2.94. The van der Waals surface area contributed by atoms with Crippen molar-refractivity contribution < 1.29 is 9.53 Å². The van der Waals surface area contributed by atoms with Gasteiger partial charge in [-0.2, -0.15) is 0 Å². The fourth-order valence-corrected chi connectivity index (χ4v) is 1.89. The lowest BCUT2D eigenvalue weighted by molar-refractivity contribution is 0.0951. The SMILES string of the molecule is CCOc1ccc(C(=O)NCc2ccncc2)cc1C. The maximum atomic E-state index is 12.1. The lowest BCUT2D eigenvalue weighted by Crippen LogP contribution is -2.22. The fraction of sp³-hybridized carbons (Fsp3) is 0.250. The number of hydrogen-bond acceptors (Lipinski definition) is 3. The Balaban J connectivity index is 2.00. The van der Waals surface area contributed by atoms with Gasteiger partial charge in [-0.3, -0.25) is 9.78 Å². The Morgan fingerprint density at radius 3 is 2.65 bits per heavy atom. The van der Waals surface area contributed by atoms with Crippen molar-refractivity contribution in [1.29, 1.82) is 0 Å². The van der Waals surface area contributed by atoms with Gasteiger partial charge in [-0.05, 0) is 55.3 Å². The molecule has 1 amide bonds. The highest BCUT2D eigenvalue weighted by Crippen LogP contribution is 2.19. The van der Waals surface area contributed by atoms with Crippen LogP contribution in [-0.2, 0) is 6.54 Å². The average Bonchev–Trinajstić information content (AvgIpc) is 2.48. The van der Waals surface area contributed by atoms with Crippen LogP contribution in [-0.4, -0.2) is 17.5 Å². The number of aromatic nitrogens is 1. The molecule has 0 radical (unpaired) electrons. The lowest BCUT2D eigenvalue weighted by atomic mass is 10.1. The van der Waals surface area contributed by atoms with E-state index in [4.69, 9.17) is 4.74 Å². The quantitative estimate of drug-likeness (QED) is 0.908. The minimum atomic E-state index is -0.0899. The first kappa shape index (κ1) is 14.1. The summed E-state index contributed by atoms with van der Waals surface area (Å²) in [6.45, 7) is 4.99. The van der Waals surface area contributed by atoms with Gasteiger partial charge in [0.05, 0.1) is 6.61 Å². The highest BCUT2D eigenvalue weighted by molar-refractivity contribution is 5.94. The molecule has 0 spiro atoms. The summed E-state index contributed by atoms with van der Waals surface area (Å²) < 4.78 is 5.46. The van der Waals surface area contributed by atoms with Crippen molar-refractivity contribution in [3.63, 3.8) is 0 Å². The largest absolute Gasteiger partial charge is 0.494 e. The van der Waals surface area contributed by atoms with E-state index in [0.29, 0.717) is 18.7 Å². The van der Waals surface area contributed by atoms with Crippen LogP contribution in [0.2, 0.25) is 0 Å². The molecule has 0 aliphatic rings. The number of nitrogens with zero attached hydrogens (tertiary/aromatic N) is 1. The van der Waals surface area contributed by atoms with Gasteiger partial charge in [0.25, 0.3) is 5.91 Å². The molecule has 0 aliphatic carbocycles. The van der Waals surface area contributed by atoms with Gasteiger partial charge in [-0.25, -0.2) is 0 Å². The Morgan fingerprint density at radius 1 is 1.25 bits per heavy atom. The minimum Gasteiger partial charge on any atom is -0.494 e. The van der Waals surface area contributed by atoms with Crippen LogP contribution in [0.15, 0.2) is 42.7 Å². The van der Waals surface area contributed by atoms with E-state index in [1.165, 1.54) is 0 Å². The molecule has 0 bridgehead atoms. The van der Waals surface area contributed by atoms with Crippen LogP contribution >= 0.6 is 0 Å². The van der Waals surface area contributed by atoms with Crippen LogP contribution in [0, 0.1) is 6.92 Å². The van der Waals surface area contributed by atoms with E-state index in [1.807, 2.05) is 38.1 Å². The Bertz CT molecular complexity index is 582. The standard InChI is InChI=1S/C16H18N2O2/c1-3-20-15-5-4-14(10-12(15)2)16(19)18-11-13-6-8-17-9-7-13/h4-10H,3,11H2,1-2H3,(H,18,19). The van der Waals surface area contributed by atoms with Crippen molar-refractivity contribution in [2.45, 2.75) is 20.4 Å². The van der Waals surface area contributed by atoms with Gasteiger partial charge in [-0.1, -0.05) is 0 Å². The number of rotatable bonds is 5. The molecule has 0 atom stereocenters. The van der Waals surface area contributed by atoms with Crippen LogP contribution in [0.25, 0.3) is 0 Å². The van der Waals surface area contributed by atoms with Gasteiger partial charge < -0.3 is 10.1 Å². The summed E-state index contributed by atoms with van der Waals surface area (Å²) in [7, 11) is 0. The zero-order valence-corrected chi connectivity index (χ0v) is 11.7. The molecule has 1 aromatic heterocycles. The number of ether oxygens (including phenoxy) is 1. The molecule has 0 fully saturated rings. The summed E-state index contributed by atoms with van der Waals surface area (Å²) in [5.41, 5.74) is 2.62. The van der Waals surface area contributed by atoms with Gasteiger partial charge in [0.2, 0.25) is 0 Å². The summed E-state index contributed by atoms with van der Waals surface area (Å²) >= 11 is 0. The second-order valence-corrected chi connectivity index (χ2v) is 4.45. The number of amides is 1. The van der Waals surface area contributed by atoms with Crippen molar-refractivity contribution in [3.8, 4) is 5.75 Å². The molecule has 1 N–H and O–H groups in total. The van der Waals surface area contributed by atoms with Crippen molar-refractivity contribution in [2.24, 2.45) is 0 Å². The molecule has 4 heteroatoms. The lowest BCUT2D eigenvalue weighted by Gasteiger charge is -2.09. The van der Waals surface area contributed by atoms with Gasteiger partial charge in [0.15, 0.2) is 0 Å². The van der Waals surface area contributed by atoms with E-state index in [1.54, 1.807) is 18.5 Å². The van der Waals surface area contributed by atoms with Gasteiger partial charge in [-0.15, -0.1) is 0 Å². The molecular formula is C16H18N2O2. The molecule has 1 aromatic carbocycles. The number of aryl methyl sites for hydroxylation is 1. The normalized spacial score (nSPS) is 10.1. The predicted octanol–water partition coefficient (Wildman–Crippen LogP) is 2.72. The summed E-state index contributed by atoms with van der Waals surface area (Å²) in [5, 5.41) is 2.89. The smallest absolute Gasteiger partial charge is 0.251 e. The maximum Gasteiger partial charge on any atom is 0.251 e. The van der Waals surface area contributed by atoms with Crippen LogP contribution in [0.4, 0.5) is 0 Å². The molecule has 2 rings (SSSR count). The van der Waals surface area contributed by atoms with Crippen molar-refractivity contribution in [1.82, 2.24) is 10.3 Å². The minimum absolute atomic E-state index is 0.0899. The first-order chi connectivity index (χ1) is 9.70. The van der Waals surface area contributed by atoms with Gasteiger partial charge in [0.1, 0.15) is 5.75 Å². The first-order valence-electron chi connectivity index (χ1n) is 6.61. The molecule has 20 heavy (non-hydrogen) atoms. The van der Waals surface area contributed by atoms with E-state index in [-0.39, 0.29) is 5.91 Å². The maximum absolute atomic E-state index is 12.1. The second kappa shape index (κ2) is 6.70. The number of carbonyl (C=O) groups excluding carboxylic acids is 1. The summed E-state index contributed by atoms with van der Waals surface area (Å²) in [6.07, 6.45) is 3.42. The van der Waals surface area contributed by atoms with Gasteiger partial charge >= 0.3 is 0 Å². The number of carbonyl (C=O) groups is 1. The molecule has 0 aliphatic heterocycles. The Morgan fingerprint density at radius 2 is 2.00 bits per heavy atom. The average molecular weight is 270 g/mol. The van der Waals surface area contributed by atoms with Crippen LogP contribution in [0.3, 0.4) is 0 Å². The third-order valence-corrected chi connectivity index (χ3v) is 2.94. The van der Waals surface area contributed by atoms with Crippen LogP contribution < -0.4 is 10.1 Å². The van der Waals surface area contributed by atoms with E-state index >= 15 is 0 Å². The monoisotopic (exact) mass is 270 g/mol. The van der Waals surface area contributed by atoms with E-state index in [0.717, 1.165) is 16.9 Å². The van der Waals surface area contributed by atoms with Crippen LogP contribution in [0.5, 0.6) is 5.75 Å². The second-order valence-electron chi connectivity index (χ2n) is 4.45. The molecular weight excluding hydrogens is 252 g/mol. The Labute approximate surface area is 118 Å². The number of benzene rings is 1. The molecule has 1 heterocycles. The van der Waals surface area contributed by atoms with Crippen molar-refractivity contribution in [2.75, 3.05) is 6.61 Å². The van der Waals surface area contributed by atoms with E-state index in [2.05, 4.69) is 10.3 Å². The molecule has 104 valence electrons. The topological polar surface area (TPSA) is 51.2 Å². The van der Waals surface area contributed by atoms with Crippen molar-refractivity contribution >= 4 is 5.91 Å². The third kappa shape index (κ3) is 3.57. The zero-order valence-electron chi connectivity index (χ0n) is 11.7. The first-order valence-corrected chi connectivity index (χ1v) is 6.61. The number of hydrogen-bond donors (Lipinski definition) is 1. The summed E-state index contributed by atoms with van der Waals surface area (Å²) in [4.78, 5) is 16.0. The molecule has 0 saturated carbocycles. The van der Waals surface area contributed by atoms with Crippen molar-refractivity contribution in [3.05, 3.63) is 59.4 Å². The number of nitrogens with one attached hydrogen (secondary N) is 1. The fourth-order valence-electron chi connectivity index (χ4n) is 1.89. The summed E-state index contributed by atoms with van der Waals surface area (Å²) in [5.74, 6) is 0.728. The van der Waals surface area contributed by atoms with Gasteiger partial charge in [0, 0.05) is 24.5 Å². The predicted molar refractivity (Wildman–Crippen MR) is 77.8 cm³/mol. The molecule has 0 saturated heterocycles. The molecule has 0 unspecified atom stereocenters. The van der Waals surface area contributed by atoms with E-state index < -0.39 is 0 Å². The Hall–Kier alpha value is -2.36. The number of pyridine rings is 1.